The second-order valence-corrected chi connectivity index (χ2v) is 4.93. The lowest BCUT2D eigenvalue weighted by Gasteiger charge is -2.13. The van der Waals surface area contributed by atoms with Gasteiger partial charge in [-0.25, -0.2) is 4.98 Å². The molecule has 2 aromatic rings. The van der Waals surface area contributed by atoms with Crippen LogP contribution in [-0.2, 0) is 0 Å². The van der Waals surface area contributed by atoms with Gasteiger partial charge in [-0.05, 0) is 29.8 Å². The first-order valence-electron chi connectivity index (χ1n) is 6.58. The maximum atomic E-state index is 12.0. The van der Waals surface area contributed by atoms with Crippen molar-refractivity contribution in [2.45, 2.75) is 12.7 Å². The molecule has 0 fully saturated rings. The lowest BCUT2D eigenvalue weighted by Crippen LogP contribution is -2.28. The van der Waals surface area contributed by atoms with Crippen molar-refractivity contribution in [3.05, 3.63) is 58.9 Å². The Morgan fingerprint density at radius 2 is 2.00 bits per heavy atom. The van der Waals surface area contributed by atoms with Gasteiger partial charge in [-0.2, -0.15) is 8.78 Å². The Hall–Kier alpha value is -2.25. The monoisotopic (exact) mass is 342 g/mol. The van der Waals surface area contributed by atoms with E-state index in [9.17, 15) is 18.7 Å². The standard InChI is InChI=1S/C15H13ClF2N2O3/c16-13-7-10(5-6-19-13)14(22)20-8-12(21)9-1-3-11(4-2-9)23-15(17)18/h1-7,12,15,21H,8H2,(H,20,22). The molecule has 23 heavy (non-hydrogen) atoms. The van der Waals surface area contributed by atoms with Gasteiger partial charge < -0.3 is 15.2 Å². The van der Waals surface area contributed by atoms with Crippen molar-refractivity contribution < 1.29 is 23.4 Å². The number of hydrogen-bond acceptors (Lipinski definition) is 4. The van der Waals surface area contributed by atoms with Crippen LogP contribution < -0.4 is 10.1 Å². The number of hydrogen-bond donors (Lipinski definition) is 2. The molecule has 1 atom stereocenters. The third-order valence-electron chi connectivity index (χ3n) is 2.93. The molecule has 1 aromatic heterocycles. The third kappa shape index (κ3) is 5.15. The van der Waals surface area contributed by atoms with E-state index in [-0.39, 0.29) is 17.4 Å². The lowest BCUT2D eigenvalue weighted by atomic mass is 10.1. The van der Waals surface area contributed by atoms with Crippen LogP contribution in [0.2, 0.25) is 5.15 Å². The molecule has 8 heteroatoms. The smallest absolute Gasteiger partial charge is 0.387 e. The number of aromatic nitrogens is 1. The molecule has 1 unspecified atom stereocenters. The molecule has 1 aromatic carbocycles. The van der Waals surface area contributed by atoms with E-state index in [1.807, 2.05) is 0 Å². The van der Waals surface area contributed by atoms with Gasteiger partial charge in [-0.15, -0.1) is 0 Å². The van der Waals surface area contributed by atoms with E-state index in [4.69, 9.17) is 11.6 Å². The molecule has 0 aliphatic heterocycles. The first-order chi connectivity index (χ1) is 11.0. The first-order valence-corrected chi connectivity index (χ1v) is 6.96. The Balaban J connectivity index is 1.91. The summed E-state index contributed by atoms with van der Waals surface area (Å²) in [6, 6.07) is 8.41. The van der Waals surface area contributed by atoms with Gasteiger partial charge in [0.1, 0.15) is 10.9 Å². The van der Waals surface area contributed by atoms with Crippen LogP contribution in [0.4, 0.5) is 8.78 Å². The van der Waals surface area contributed by atoms with E-state index in [0.29, 0.717) is 11.1 Å². The Morgan fingerprint density at radius 1 is 1.30 bits per heavy atom. The number of pyridine rings is 1. The Morgan fingerprint density at radius 3 is 2.61 bits per heavy atom. The summed E-state index contributed by atoms with van der Waals surface area (Å²) in [6.45, 7) is -2.95. The Bertz CT molecular complexity index is 668. The highest BCUT2D eigenvalue weighted by atomic mass is 35.5. The largest absolute Gasteiger partial charge is 0.435 e. The van der Waals surface area contributed by atoms with Crippen molar-refractivity contribution in [1.29, 1.82) is 0 Å². The second-order valence-electron chi connectivity index (χ2n) is 4.54. The van der Waals surface area contributed by atoms with Gasteiger partial charge in [-0.3, -0.25) is 4.79 Å². The molecular formula is C15H13ClF2N2O3. The molecule has 0 aliphatic rings. The number of rotatable bonds is 6. The van der Waals surface area contributed by atoms with E-state index in [1.165, 1.54) is 42.6 Å². The summed E-state index contributed by atoms with van der Waals surface area (Å²) in [7, 11) is 0. The van der Waals surface area contributed by atoms with Crippen LogP contribution in [0, 0.1) is 0 Å². The van der Waals surface area contributed by atoms with E-state index < -0.39 is 18.6 Å². The van der Waals surface area contributed by atoms with Crippen molar-refractivity contribution in [3.8, 4) is 5.75 Å². The molecule has 0 radical (unpaired) electrons. The van der Waals surface area contributed by atoms with E-state index in [2.05, 4.69) is 15.0 Å². The second kappa shape index (κ2) is 7.85. The number of alkyl halides is 2. The summed E-state index contributed by atoms with van der Waals surface area (Å²) in [5, 5.41) is 12.7. The fourth-order valence-electron chi connectivity index (χ4n) is 1.82. The highest BCUT2D eigenvalue weighted by Crippen LogP contribution is 2.19. The third-order valence-corrected chi connectivity index (χ3v) is 3.14. The molecule has 2 N–H and O–H groups in total. The molecule has 1 amide bonds. The average molecular weight is 343 g/mol. The van der Waals surface area contributed by atoms with Gasteiger partial charge in [0.25, 0.3) is 5.91 Å². The summed E-state index contributed by atoms with van der Waals surface area (Å²) in [5.41, 5.74) is 0.776. The topological polar surface area (TPSA) is 71.5 Å². The van der Waals surface area contributed by atoms with Crippen LogP contribution in [0.1, 0.15) is 22.0 Å². The predicted octanol–water partition coefficient (Wildman–Crippen LogP) is 2.80. The number of nitrogens with one attached hydrogen (secondary N) is 1. The highest BCUT2D eigenvalue weighted by molar-refractivity contribution is 6.29. The Labute approximate surface area is 135 Å². The maximum Gasteiger partial charge on any atom is 0.387 e. The van der Waals surface area contributed by atoms with Gasteiger partial charge >= 0.3 is 6.61 Å². The molecule has 0 spiro atoms. The molecule has 5 nitrogen and oxygen atoms in total. The van der Waals surface area contributed by atoms with Crippen LogP contribution in [0.3, 0.4) is 0 Å². The number of carbonyl (C=O) groups is 1. The number of ether oxygens (including phenoxy) is 1. The van der Waals surface area contributed by atoms with Crippen molar-refractivity contribution in [2.24, 2.45) is 0 Å². The molecule has 0 aliphatic carbocycles. The zero-order chi connectivity index (χ0) is 16.8. The highest BCUT2D eigenvalue weighted by Gasteiger charge is 2.12. The van der Waals surface area contributed by atoms with E-state index >= 15 is 0 Å². The number of benzene rings is 1. The normalized spacial score (nSPS) is 12.0. The minimum atomic E-state index is -2.91. The van der Waals surface area contributed by atoms with E-state index in [0.717, 1.165) is 0 Å². The fraction of sp³-hybridized carbons (Fsp3) is 0.200. The number of halogens is 3. The van der Waals surface area contributed by atoms with Crippen LogP contribution in [0.5, 0.6) is 5.75 Å². The van der Waals surface area contributed by atoms with Gasteiger partial charge in [-0.1, -0.05) is 23.7 Å². The van der Waals surface area contributed by atoms with Crippen molar-refractivity contribution in [1.82, 2.24) is 10.3 Å². The van der Waals surface area contributed by atoms with Gasteiger partial charge in [0.2, 0.25) is 0 Å². The minimum Gasteiger partial charge on any atom is -0.435 e. The zero-order valence-corrected chi connectivity index (χ0v) is 12.5. The summed E-state index contributed by atoms with van der Waals surface area (Å²) in [4.78, 5) is 15.7. The van der Waals surface area contributed by atoms with Crippen LogP contribution in [0.15, 0.2) is 42.6 Å². The summed E-state index contributed by atoms with van der Waals surface area (Å²) in [5.74, 6) is -0.419. The Kier molecular flexibility index (Phi) is 5.84. The molecule has 2 rings (SSSR count). The fourth-order valence-corrected chi connectivity index (χ4v) is 2.00. The van der Waals surface area contributed by atoms with Crippen LogP contribution >= 0.6 is 11.6 Å². The summed E-state index contributed by atoms with van der Waals surface area (Å²) in [6.07, 6.45) is 0.409. The average Bonchev–Trinajstić information content (AvgIpc) is 2.52. The van der Waals surface area contributed by atoms with Gasteiger partial charge in [0.05, 0.1) is 6.10 Å². The van der Waals surface area contributed by atoms with Crippen LogP contribution in [-0.4, -0.2) is 29.2 Å². The predicted molar refractivity (Wildman–Crippen MR) is 79.6 cm³/mol. The maximum absolute atomic E-state index is 12.0. The number of aliphatic hydroxyl groups excluding tert-OH is 1. The lowest BCUT2D eigenvalue weighted by molar-refractivity contribution is -0.0498. The summed E-state index contributed by atoms with van der Waals surface area (Å²) < 4.78 is 28.3. The zero-order valence-electron chi connectivity index (χ0n) is 11.7. The molecule has 0 saturated heterocycles. The quantitative estimate of drug-likeness (QED) is 0.792. The number of amides is 1. The molecule has 0 bridgehead atoms. The number of aliphatic hydroxyl groups is 1. The molecular weight excluding hydrogens is 330 g/mol. The molecule has 0 saturated carbocycles. The first kappa shape index (κ1) is 17.1. The molecule has 122 valence electrons. The van der Waals surface area contributed by atoms with Crippen molar-refractivity contribution in [3.63, 3.8) is 0 Å². The van der Waals surface area contributed by atoms with Crippen molar-refractivity contribution in [2.75, 3.05) is 6.54 Å². The SMILES string of the molecule is O=C(NCC(O)c1ccc(OC(F)F)cc1)c1ccnc(Cl)c1. The number of nitrogens with zero attached hydrogens (tertiary/aromatic N) is 1. The molecule has 1 heterocycles. The number of carbonyl (C=O) groups excluding carboxylic acids is 1. The minimum absolute atomic E-state index is 0.00795. The summed E-state index contributed by atoms with van der Waals surface area (Å²) >= 11 is 5.69. The van der Waals surface area contributed by atoms with E-state index in [1.54, 1.807) is 0 Å². The van der Waals surface area contributed by atoms with Crippen LogP contribution in [0.25, 0.3) is 0 Å². The van der Waals surface area contributed by atoms with Gasteiger partial charge in [0, 0.05) is 18.3 Å². The van der Waals surface area contributed by atoms with Crippen molar-refractivity contribution >= 4 is 17.5 Å². The van der Waals surface area contributed by atoms with Gasteiger partial charge in [0.15, 0.2) is 0 Å².